The van der Waals surface area contributed by atoms with Crippen LogP contribution >= 0.6 is 0 Å². The van der Waals surface area contributed by atoms with Crippen molar-refractivity contribution in [2.45, 2.75) is 57.5 Å². The Morgan fingerprint density at radius 1 is 1.15 bits per heavy atom. The molecule has 2 heterocycles. The van der Waals surface area contributed by atoms with Crippen molar-refractivity contribution in [3.05, 3.63) is 56.4 Å². The van der Waals surface area contributed by atoms with Crippen LogP contribution in [0.15, 0.2) is 38.9 Å². The molecule has 11 heteroatoms. The number of benzene rings is 1. The number of carbonyl (C=O) groups excluding carboxylic acids is 1. The number of carbonyl (C=O) groups is 1. The summed E-state index contributed by atoms with van der Waals surface area (Å²) in [7, 11) is -3.73. The predicted molar refractivity (Wildman–Crippen MR) is 122 cm³/mol. The van der Waals surface area contributed by atoms with Gasteiger partial charge in [-0.1, -0.05) is 18.9 Å². The molecule has 1 aromatic carbocycles. The number of hydrogen-bond donors (Lipinski definition) is 1. The van der Waals surface area contributed by atoms with Gasteiger partial charge in [0.25, 0.3) is 5.56 Å². The molecule has 0 atom stereocenters. The average molecular weight is 474 g/mol. The summed E-state index contributed by atoms with van der Waals surface area (Å²) in [5.74, 6) is -0.686. The Bertz CT molecular complexity index is 1310. The van der Waals surface area contributed by atoms with E-state index >= 15 is 0 Å². The molecule has 1 aliphatic rings. The van der Waals surface area contributed by atoms with E-state index in [1.165, 1.54) is 21.1 Å². The molecular weight excluding hydrogens is 446 g/mol. The maximum atomic E-state index is 13.2. The zero-order valence-electron chi connectivity index (χ0n) is 18.7. The molecule has 0 bridgehead atoms. The van der Waals surface area contributed by atoms with E-state index in [-0.39, 0.29) is 22.7 Å². The van der Waals surface area contributed by atoms with Gasteiger partial charge in [0.1, 0.15) is 18.2 Å². The summed E-state index contributed by atoms with van der Waals surface area (Å²) in [5, 5.41) is 11.7. The molecule has 1 saturated heterocycles. The van der Waals surface area contributed by atoms with Crippen LogP contribution in [0.5, 0.6) is 0 Å². The fourth-order valence-electron chi connectivity index (χ4n) is 3.82. The monoisotopic (exact) mass is 473 g/mol. The molecular formula is C22H27N5O5S. The van der Waals surface area contributed by atoms with Crippen molar-refractivity contribution in [2.75, 3.05) is 18.4 Å². The van der Waals surface area contributed by atoms with E-state index in [4.69, 9.17) is 5.26 Å². The zero-order chi connectivity index (χ0) is 24.2. The molecule has 0 unspecified atom stereocenters. The zero-order valence-corrected chi connectivity index (χ0v) is 19.5. The fourth-order valence-corrected chi connectivity index (χ4v) is 5.59. The highest BCUT2D eigenvalue weighted by atomic mass is 32.2. The number of nitrogens with zero attached hydrogens (tertiary/aromatic N) is 4. The van der Waals surface area contributed by atoms with Crippen LogP contribution in [0.4, 0.5) is 5.69 Å². The number of aryl methyl sites for hydroxylation is 2. The lowest BCUT2D eigenvalue weighted by atomic mass is 10.2. The van der Waals surface area contributed by atoms with E-state index in [9.17, 15) is 22.8 Å². The minimum atomic E-state index is -3.73. The Labute approximate surface area is 192 Å². The maximum absolute atomic E-state index is 13.2. The molecule has 2 aromatic rings. The Morgan fingerprint density at radius 2 is 1.82 bits per heavy atom. The Hall–Kier alpha value is -3.23. The normalized spacial score (nSPS) is 14.9. The van der Waals surface area contributed by atoms with Crippen molar-refractivity contribution in [1.29, 1.82) is 5.26 Å². The molecule has 1 amide bonds. The quantitative estimate of drug-likeness (QED) is 0.674. The largest absolute Gasteiger partial charge is 0.331 e. The highest BCUT2D eigenvalue weighted by molar-refractivity contribution is 7.89. The number of nitrogens with one attached hydrogen (secondary N) is 1. The first-order valence-corrected chi connectivity index (χ1v) is 12.3. The van der Waals surface area contributed by atoms with Gasteiger partial charge in [-0.15, -0.1) is 0 Å². The number of nitriles is 1. The summed E-state index contributed by atoms with van der Waals surface area (Å²) in [6, 6.07) is 6.29. The molecule has 1 N–H and O–H groups in total. The first-order chi connectivity index (χ1) is 15.7. The molecule has 1 aromatic heterocycles. The third kappa shape index (κ3) is 5.23. The van der Waals surface area contributed by atoms with E-state index in [0.717, 1.165) is 25.7 Å². The van der Waals surface area contributed by atoms with Crippen LogP contribution < -0.4 is 16.6 Å². The van der Waals surface area contributed by atoms with Crippen LogP contribution in [0.3, 0.4) is 0 Å². The minimum Gasteiger partial charge on any atom is -0.324 e. The van der Waals surface area contributed by atoms with Gasteiger partial charge in [0.05, 0.1) is 4.90 Å². The lowest BCUT2D eigenvalue weighted by molar-refractivity contribution is -0.116. The second-order valence-corrected chi connectivity index (χ2v) is 9.87. The van der Waals surface area contributed by atoms with Gasteiger partial charge < -0.3 is 5.32 Å². The highest BCUT2D eigenvalue weighted by Crippen LogP contribution is 2.25. The molecule has 33 heavy (non-hydrogen) atoms. The molecule has 1 fully saturated rings. The molecule has 10 nitrogen and oxygen atoms in total. The third-order valence-electron chi connectivity index (χ3n) is 5.65. The summed E-state index contributed by atoms with van der Waals surface area (Å²) in [6.07, 6.45) is 4.76. The molecule has 1 aliphatic heterocycles. The number of anilines is 1. The van der Waals surface area contributed by atoms with Crippen LogP contribution in [0, 0.1) is 18.3 Å². The van der Waals surface area contributed by atoms with Gasteiger partial charge in [0.15, 0.2) is 0 Å². The number of rotatable bonds is 6. The molecule has 0 radical (unpaired) electrons. The average Bonchev–Trinajstić information content (AvgIpc) is 3.08. The van der Waals surface area contributed by atoms with Gasteiger partial charge in [-0.2, -0.15) is 9.57 Å². The Kier molecular flexibility index (Phi) is 7.50. The van der Waals surface area contributed by atoms with Crippen molar-refractivity contribution < 1.29 is 13.2 Å². The predicted octanol–water partition coefficient (Wildman–Crippen LogP) is 1.41. The summed E-state index contributed by atoms with van der Waals surface area (Å²) in [5.41, 5.74) is -1.01. The molecule has 176 valence electrons. The number of amides is 1. The van der Waals surface area contributed by atoms with Gasteiger partial charge in [0, 0.05) is 31.5 Å². The highest BCUT2D eigenvalue weighted by Gasteiger charge is 2.27. The summed E-state index contributed by atoms with van der Waals surface area (Å²) in [4.78, 5) is 37.6. The van der Waals surface area contributed by atoms with Gasteiger partial charge in [-0.05, 0) is 44.4 Å². The van der Waals surface area contributed by atoms with Gasteiger partial charge in [-0.3, -0.25) is 14.2 Å². The van der Waals surface area contributed by atoms with Crippen molar-refractivity contribution in [2.24, 2.45) is 0 Å². The number of hydrogen-bond acceptors (Lipinski definition) is 6. The molecule has 0 spiro atoms. The SMILES string of the molecule is CCn1cc(C#N)c(=O)n(CC(=O)Nc2ccc(C)c(S(=O)(=O)N3CCCCCC3)c2)c1=O. The van der Waals surface area contributed by atoms with Crippen LogP contribution in [0.1, 0.15) is 43.7 Å². The molecule has 3 rings (SSSR count). The van der Waals surface area contributed by atoms with Gasteiger partial charge >= 0.3 is 5.69 Å². The fraction of sp³-hybridized carbons (Fsp3) is 0.455. The maximum Gasteiger partial charge on any atom is 0.331 e. The number of sulfonamides is 1. The Morgan fingerprint density at radius 3 is 2.42 bits per heavy atom. The first-order valence-electron chi connectivity index (χ1n) is 10.8. The number of aromatic nitrogens is 2. The second kappa shape index (κ2) is 10.1. The van der Waals surface area contributed by atoms with E-state index in [1.807, 2.05) is 0 Å². The van der Waals surface area contributed by atoms with Gasteiger partial charge in [0.2, 0.25) is 15.9 Å². The van der Waals surface area contributed by atoms with Crippen LogP contribution in [0.25, 0.3) is 0 Å². The molecule has 0 saturated carbocycles. The van der Waals surface area contributed by atoms with Gasteiger partial charge in [-0.25, -0.2) is 17.8 Å². The van der Waals surface area contributed by atoms with Crippen molar-refractivity contribution in [3.8, 4) is 6.07 Å². The van der Waals surface area contributed by atoms with E-state index in [1.54, 1.807) is 32.0 Å². The minimum absolute atomic E-state index is 0.110. The Balaban J connectivity index is 1.87. The summed E-state index contributed by atoms with van der Waals surface area (Å²) >= 11 is 0. The molecule has 0 aliphatic carbocycles. The second-order valence-electron chi connectivity index (χ2n) is 7.96. The van der Waals surface area contributed by atoms with Crippen molar-refractivity contribution >= 4 is 21.6 Å². The van der Waals surface area contributed by atoms with Crippen LogP contribution in [0.2, 0.25) is 0 Å². The third-order valence-corrected chi connectivity index (χ3v) is 7.70. The van der Waals surface area contributed by atoms with E-state index < -0.39 is 33.7 Å². The lowest BCUT2D eigenvalue weighted by Crippen LogP contribution is -2.43. The van der Waals surface area contributed by atoms with Crippen LogP contribution in [-0.4, -0.2) is 40.9 Å². The first kappa shape index (κ1) is 24.4. The summed E-state index contributed by atoms with van der Waals surface area (Å²) < 4.78 is 29.8. The van der Waals surface area contributed by atoms with Crippen molar-refractivity contribution in [1.82, 2.24) is 13.4 Å². The van der Waals surface area contributed by atoms with E-state index in [0.29, 0.717) is 23.2 Å². The standard InChI is InChI=1S/C22H27N5O5S/c1-3-25-14-17(13-23)21(29)27(22(25)30)15-20(28)24-18-9-8-16(2)19(12-18)33(31,32)26-10-6-4-5-7-11-26/h8-9,12,14H,3-7,10-11,15H2,1-2H3,(H,24,28). The van der Waals surface area contributed by atoms with Crippen LogP contribution in [-0.2, 0) is 27.9 Å². The smallest absolute Gasteiger partial charge is 0.324 e. The lowest BCUT2D eigenvalue weighted by Gasteiger charge is -2.21. The topological polar surface area (TPSA) is 134 Å². The van der Waals surface area contributed by atoms with E-state index in [2.05, 4.69) is 5.32 Å². The summed E-state index contributed by atoms with van der Waals surface area (Å²) in [6.45, 7) is 3.91. The van der Waals surface area contributed by atoms with Crippen molar-refractivity contribution in [3.63, 3.8) is 0 Å².